The molecular weight excluding hydrogens is 265 g/mol. The summed E-state index contributed by atoms with van der Waals surface area (Å²) in [6, 6.07) is 6.09. The van der Waals surface area contributed by atoms with Crippen molar-refractivity contribution in [1.29, 1.82) is 0 Å². The molecule has 0 amide bonds. The van der Waals surface area contributed by atoms with Gasteiger partial charge in [0.1, 0.15) is 5.75 Å². The largest absolute Gasteiger partial charge is 0.494 e. The van der Waals surface area contributed by atoms with E-state index >= 15 is 0 Å². The predicted octanol–water partition coefficient (Wildman–Crippen LogP) is 2.54. The molecule has 3 rings (SSSR count). The second-order valence-corrected chi connectivity index (χ2v) is 6.41. The Balaban J connectivity index is 2.03. The van der Waals surface area contributed by atoms with E-state index in [9.17, 15) is 0 Å². The first kappa shape index (κ1) is 14.4. The minimum atomic E-state index is -0.364. The van der Waals surface area contributed by atoms with Crippen molar-refractivity contribution in [2.45, 2.75) is 38.9 Å². The van der Waals surface area contributed by atoms with E-state index in [-0.39, 0.29) is 18.3 Å². The van der Waals surface area contributed by atoms with Crippen molar-refractivity contribution in [3.63, 3.8) is 0 Å². The molecule has 1 aliphatic heterocycles. The molecule has 0 radical (unpaired) electrons. The number of rotatable bonds is 2. The average molecular weight is 285 g/mol. The van der Waals surface area contributed by atoms with Crippen molar-refractivity contribution in [3.8, 4) is 5.75 Å². The standard InChI is InChI=1S/C16H20BNO3/c1-15(2)16(3,4)21-17(20-15)12-7-6-11-9-18-10-14(19-5)13(11)8-12/h6-10H,1-5H3. The summed E-state index contributed by atoms with van der Waals surface area (Å²) in [4.78, 5) is 4.17. The molecule has 0 unspecified atom stereocenters. The van der Waals surface area contributed by atoms with E-state index in [0.29, 0.717) is 0 Å². The summed E-state index contributed by atoms with van der Waals surface area (Å²) in [6.07, 6.45) is 3.54. The lowest BCUT2D eigenvalue weighted by Gasteiger charge is -2.32. The highest BCUT2D eigenvalue weighted by Crippen LogP contribution is 2.36. The zero-order valence-electron chi connectivity index (χ0n) is 13.1. The molecule has 5 heteroatoms. The van der Waals surface area contributed by atoms with Gasteiger partial charge in [0.15, 0.2) is 0 Å². The van der Waals surface area contributed by atoms with E-state index in [1.54, 1.807) is 13.3 Å². The molecule has 0 N–H and O–H groups in total. The van der Waals surface area contributed by atoms with E-state index in [4.69, 9.17) is 14.0 Å². The fourth-order valence-electron chi connectivity index (χ4n) is 2.44. The number of ether oxygens (including phenoxy) is 1. The molecule has 1 aromatic heterocycles. The van der Waals surface area contributed by atoms with Gasteiger partial charge in [-0.1, -0.05) is 18.2 Å². The lowest BCUT2D eigenvalue weighted by atomic mass is 9.78. The maximum atomic E-state index is 6.09. The van der Waals surface area contributed by atoms with Gasteiger partial charge in [-0.15, -0.1) is 0 Å². The smallest absolute Gasteiger partial charge is 0.494 e. The Morgan fingerprint density at radius 1 is 1.05 bits per heavy atom. The molecule has 4 nitrogen and oxygen atoms in total. The summed E-state index contributed by atoms with van der Waals surface area (Å²) in [6.45, 7) is 8.22. The maximum absolute atomic E-state index is 6.09. The summed E-state index contributed by atoms with van der Waals surface area (Å²) in [5, 5.41) is 2.05. The molecule has 2 aromatic rings. The monoisotopic (exact) mass is 285 g/mol. The Kier molecular flexibility index (Phi) is 3.22. The van der Waals surface area contributed by atoms with E-state index in [2.05, 4.69) is 38.7 Å². The summed E-state index contributed by atoms with van der Waals surface area (Å²) in [5.74, 6) is 0.755. The number of fused-ring (bicyclic) bond motifs is 1. The average Bonchev–Trinajstić information content (AvgIpc) is 2.66. The van der Waals surface area contributed by atoms with Crippen LogP contribution >= 0.6 is 0 Å². The third-order valence-corrected chi connectivity index (χ3v) is 4.49. The van der Waals surface area contributed by atoms with Crippen LogP contribution < -0.4 is 10.2 Å². The summed E-state index contributed by atoms with van der Waals surface area (Å²) >= 11 is 0. The van der Waals surface area contributed by atoms with Gasteiger partial charge in [0.2, 0.25) is 0 Å². The van der Waals surface area contributed by atoms with E-state index in [1.165, 1.54) is 0 Å². The Bertz CT molecular complexity index is 668. The minimum Gasteiger partial charge on any atom is -0.494 e. The molecule has 2 heterocycles. The van der Waals surface area contributed by atoms with Gasteiger partial charge in [-0.25, -0.2) is 0 Å². The van der Waals surface area contributed by atoms with Gasteiger partial charge >= 0.3 is 7.12 Å². The lowest BCUT2D eigenvalue weighted by Crippen LogP contribution is -2.41. The zero-order chi connectivity index (χ0) is 15.3. The second-order valence-electron chi connectivity index (χ2n) is 6.41. The molecule has 1 aliphatic rings. The Morgan fingerprint density at radius 3 is 2.33 bits per heavy atom. The highest BCUT2D eigenvalue weighted by atomic mass is 16.7. The van der Waals surface area contributed by atoms with E-state index < -0.39 is 0 Å². The topological polar surface area (TPSA) is 40.6 Å². The van der Waals surface area contributed by atoms with Crippen LogP contribution in [0.15, 0.2) is 30.6 Å². The SMILES string of the molecule is COc1cncc2ccc(B3OC(C)(C)C(C)(C)O3)cc12. The number of methoxy groups -OCH3 is 1. The van der Waals surface area contributed by atoms with Crippen LogP contribution in [0.1, 0.15) is 27.7 Å². The van der Waals surface area contributed by atoms with Crippen LogP contribution in [0.2, 0.25) is 0 Å². The van der Waals surface area contributed by atoms with Crippen LogP contribution in [0.25, 0.3) is 10.8 Å². The summed E-state index contributed by atoms with van der Waals surface area (Å²) in [5.41, 5.74) is 0.315. The molecular formula is C16H20BNO3. The van der Waals surface area contributed by atoms with Crippen LogP contribution in [-0.2, 0) is 9.31 Å². The van der Waals surface area contributed by atoms with Crippen molar-refractivity contribution >= 4 is 23.4 Å². The zero-order valence-corrected chi connectivity index (χ0v) is 13.1. The second kappa shape index (κ2) is 4.72. The van der Waals surface area contributed by atoms with Gasteiger partial charge in [-0.05, 0) is 33.2 Å². The van der Waals surface area contributed by atoms with Crippen molar-refractivity contribution in [1.82, 2.24) is 4.98 Å². The van der Waals surface area contributed by atoms with E-state index in [0.717, 1.165) is 22.0 Å². The quantitative estimate of drug-likeness (QED) is 0.795. The van der Waals surface area contributed by atoms with Gasteiger partial charge in [-0.2, -0.15) is 0 Å². The van der Waals surface area contributed by atoms with Crippen LogP contribution in [0, 0.1) is 0 Å². The molecule has 0 spiro atoms. The van der Waals surface area contributed by atoms with Gasteiger partial charge < -0.3 is 14.0 Å². The maximum Gasteiger partial charge on any atom is 0.494 e. The number of pyridine rings is 1. The molecule has 0 atom stereocenters. The van der Waals surface area contributed by atoms with Crippen LogP contribution in [0.4, 0.5) is 0 Å². The predicted molar refractivity (Wildman–Crippen MR) is 84.0 cm³/mol. The molecule has 21 heavy (non-hydrogen) atoms. The highest BCUT2D eigenvalue weighted by Gasteiger charge is 2.51. The first-order valence-corrected chi connectivity index (χ1v) is 7.11. The summed E-state index contributed by atoms with van der Waals surface area (Å²) in [7, 11) is 1.29. The van der Waals surface area contributed by atoms with Crippen molar-refractivity contribution in [3.05, 3.63) is 30.6 Å². The van der Waals surface area contributed by atoms with Crippen molar-refractivity contribution in [2.24, 2.45) is 0 Å². The van der Waals surface area contributed by atoms with Crippen molar-refractivity contribution in [2.75, 3.05) is 7.11 Å². The van der Waals surface area contributed by atoms with Gasteiger partial charge in [0.25, 0.3) is 0 Å². The molecule has 1 aromatic carbocycles. The highest BCUT2D eigenvalue weighted by molar-refractivity contribution is 6.62. The normalized spacial score (nSPS) is 20.0. The van der Waals surface area contributed by atoms with Gasteiger partial charge in [-0.3, -0.25) is 4.98 Å². The number of hydrogen-bond acceptors (Lipinski definition) is 4. The first-order chi connectivity index (χ1) is 9.84. The Labute approximate surface area is 125 Å². The molecule has 1 fully saturated rings. The van der Waals surface area contributed by atoms with Crippen molar-refractivity contribution < 1.29 is 14.0 Å². The number of aromatic nitrogens is 1. The van der Waals surface area contributed by atoms with Crippen LogP contribution in [0.5, 0.6) is 5.75 Å². The van der Waals surface area contributed by atoms with E-state index in [1.807, 2.05) is 18.3 Å². The number of hydrogen-bond donors (Lipinski definition) is 0. The fraction of sp³-hybridized carbons (Fsp3) is 0.438. The number of nitrogens with zero attached hydrogens (tertiary/aromatic N) is 1. The Morgan fingerprint density at radius 2 is 1.71 bits per heavy atom. The lowest BCUT2D eigenvalue weighted by molar-refractivity contribution is 0.00578. The third-order valence-electron chi connectivity index (χ3n) is 4.49. The first-order valence-electron chi connectivity index (χ1n) is 7.11. The molecule has 1 saturated heterocycles. The minimum absolute atomic E-state index is 0.338. The molecule has 110 valence electrons. The number of benzene rings is 1. The molecule has 0 saturated carbocycles. The third kappa shape index (κ3) is 2.30. The summed E-state index contributed by atoms with van der Waals surface area (Å²) < 4.78 is 17.6. The molecule has 0 aliphatic carbocycles. The van der Waals surface area contributed by atoms with Gasteiger partial charge in [0.05, 0.1) is 24.5 Å². The van der Waals surface area contributed by atoms with Gasteiger partial charge in [0, 0.05) is 17.0 Å². The fourth-order valence-corrected chi connectivity index (χ4v) is 2.44. The Hall–Kier alpha value is -1.59. The van der Waals surface area contributed by atoms with Crippen LogP contribution in [-0.4, -0.2) is 30.4 Å². The molecule has 0 bridgehead atoms. The van der Waals surface area contributed by atoms with Crippen LogP contribution in [0.3, 0.4) is 0 Å².